The van der Waals surface area contributed by atoms with Crippen molar-refractivity contribution in [3.8, 4) is 0 Å². The Bertz CT molecular complexity index is 637. The molecular formula is C14H21N7. The highest BCUT2D eigenvalue weighted by Crippen LogP contribution is 2.30. The predicted octanol–water partition coefficient (Wildman–Crippen LogP) is 1.43. The van der Waals surface area contributed by atoms with Crippen LogP contribution in [0.3, 0.4) is 0 Å². The number of rotatable bonds is 3. The first-order valence-electron chi connectivity index (χ1n) is 7.74. The van der Waals surface area contributed by atoms with E-state index in [1.165, 1.54) is 38.8 Å². The summed E-state index contributed by atoms with van der Waals surface area (Å²) in [7, 11) is 1.83. The summed E-state index contributed by atoms with van der Waals surface area (Å²) in [5.41, 5.74) is 0.773. The normalized spacial score (nSPS) is 26.0. The van der Waals surface area contributed by atoms with Crippen LogP contribution in [-0.4, -0.2) is 57.3 Å². The molecule has 7 nitrogen and oxygen atoms in total. The lowest BCUT2D eigenvalue weighted by Crippen LogP contribution is -2.41. The van der Waals surface area contributed by atoms with Crippen molar-refractivity contribution in [3.63, 3.8) is 0 Å². The van der Waals surface area contributed by atoms with Crippen LogP contribution in [0.15, 0.2) is 6.20 Å². The van der Waals surface area contributed by atoms with E-state index < -0.39 is 0 Å². The number of hydrogen-bond acceptors (Lipinski definition) is 6. The summed E-state index contributed by atoms with van der Waals surface area (Å²) < 4.78 is 0. The van der Waals surface area contributed by atoms with Crippen molar-refractivity contribution in [2.24, 2.45) is 0 Å². The maximum absolute atomic E-state index is 4.58. The second-order valence-electron chi connectivity index (χ2n) is 5.92. The van der Waals surface area contributed by atoms with Crippen molar-refractivity contribution >= 4 is 22.8 Å². The first-order chi connectivity index (χ1) is 10.3. The number of H-pyrrole nitrogens is 1. The Balaban J connectivity index is 1.63. The number of hydrogen-bond donors (Lipinski definition) is 3. The minimum absolute atomic E-state index is 0.475. The maximum atomic E-state index is 4.58. The second kappa shape index (κ2) is 5.14. The van der Waals surface area contributed by atoms with Crippen molar-refractivity contribution < 1.29 is 0 Å². The lowest BCUT2D eigenvalue weighted by molar-refractivity contribution is 0.192. The van der Waals surface area contributed by atoms with Gasteiger partial charge in [-0.05, 0) is 25.8 Å². The summed E-state index contributed by atoms with van der Waals surface area (Å²) in [6.07, 6.45) is 6.95. The smallest absolute Gasteiger partial charge is 0.226 e. The Morgan fingerprint density at radius 2 is 2.19 bits per heavy atom. The SMILES string of the molecule is CNc1nc(NC2CCN3CCCCC23)c2cn[nH]c2n1. The largest absolute Gasteiger partial charge is 0.365 e. The van der Waals surface area contributed by atoms with Crippen LogP contribution >= 0.6 is 0 Å². The summed E-state index contributed by atoms with van der Waals surface area (Å²) >= 11 is 0. The van der Waals surface area contributed by atoms with Crippen LogP contribution in [0.1, 0.15) is 25.7 Å². The molecule has 0 amide bonds. The second-order valence-corrected chi connectivity index (χ2v) is 5.92. The van der Waals surface area contributed by atoms with Crippen LogP contribution < -0.4 is 10.6 Å². The molecule has 0 spiro atoms. The first kappa shape index (κ1) is 12.8. The number of piperidine rings is 1. The van der Waals surface area contributed by atoms with Crippen LogP contribution in [0.2, 0.25) is 0 Å². The van der Waals surface area contributed by atoms with E-state index in [9.17, 15) is 0 Å². The maximum Gasteiger partial charge on any atom is 0.226 e. The molecule has 0 saturated carbocycles. The summed E-state index contributed by atoms with van der Waals surface area (Å²) in [4.78, 5) is 11.6. The van der Waals surface area contributed by atoms with E-state index in [0.29, 0.717) is 18.0 Å². The van der Waals surface area contributed by atoms with Gasteiger partial charge in [-0.3, -0.25) is 10.00 Å². The monoisotopic (exact) mass is 287 g/mol. The third-order valence-corrected chi connectivity index (χ3v) is 4.71. The van der Waals surface area contributed by atoms with Gasteiger partial charge >= 0.3 is 0 Å². The van der Waals surface area contributed by atoms with E-state index in [0.717, 1.165) is 16.9 Å². The minimum atomic E-state index is 0.475. The standard InChI is InChI=1S/C14H21N7/c1-15-14-18-12(9-8-16-20-13(9)19-14)17-10-5-7-21-6-3-2-4-11(10)21/h8,10-11H,2-7H2,1H3,(H3,15,16,17,18,19,20). The first-order valence-corrected chi connectivity index (χ1v) is 7.74. The molecule has 4 rings (SSSR count). The predicted molar refractivity (Wildman–Crippen MR) is 82.5 cm³/mol. The van der Waals surface area contributed by atoms with Gasteiger partial charge in [-0.25, -0.2) is 0 Å². The molecule has 0 bridgehead atoms. The minimum Gasteiger partial charge on any atom is -0.365 e. The Kier molecular flexibility index (Phi) is 3.14. The van der Waals surface area contributed by atoms with Gasteiger partial charge < -0.3 is 10.6 Å². The number of aromatic nitrogens is 4. The molecular weight excluding hydrogens is 266 g/mol. The third kappa shape index (κ3) is 2.21. The van der Waals surface area contributed by atoms with E-state index in [4.69, 9.17) is 0 Å². The molecule has 7 heteroatoms. The topological polar surface area (TPSA) is 81.8 Å². The van der Waals surface area contributed by atoms with Gasteiger partial charge in [-0.1, -0.05) is 6.42 Å². The highest BCUT2D eigenvalue weighted by atomic mass is 15.3. The number of aromatic amines is 1. The molecule has 2 unspecified atom stereocenters. The van der Waals surface area contributed by atoms with Gasteiger partial charge in [0.2, 0.25) is 5.95 Å². The Morgan fingerprint density at radius 3 is 3.10 bits per heavy atom. The average Bonchev–Trinajstić information content (AvgIpc) is 3.14. The number of nitrogens with one attached hydrogen (secondary N) is 3. The van der Waals surface area contributed by atoms with Crippen molar-refractivity contribution in [2.75, 3.05) is 30.8 Å². The van der Waals surface area contributed by atoms with Crippen LogP contribution in [0.4, 0.5) is 11.8 Å². The van der Waals surface area contributed by atoms with Gasteiger partial charge in [0.15, 0.2) is 5.65 Å². The van der Waals surface area contributed by atoms with E-state index in [-0.39, 0.29) is 0 Å². The molecule has 2 aliphatic rings. The molecule has 2 saturated heterocycles. The van der Waals surface area contributed by atoms with Crippen LogP contribution in [0, 0.1) is 0 Å². The Labute approximate surface area is 123 Å². The quantitative estimate of drug-likeness (QED) is 0.792. The molecule has 0 aliphatic carbocycles. The van der Waals surface area contributed by atoms with Crippen molar-refractivity contribution in [3.05, 3.63) is 6.20 Å². The molecule has 2 atom stereocenters. The van der Waals surface area contributed by atoms with E-state index >= 15 is 0 Å². The van der Waals surface area contributed by atoms with Crippen LogP contribution in [0.25, 0.3) is 11.0 Å². The van der Waals surface area contributed by atoms with Crippen molar-refractivity contribution in [1.29, 1.82) is 0 Å². The number of fused-ring (bicyclic) bond motifs is 2. The summed E-state index contributed by atoms with van der Waals surface area (Å²) in [6.45, 7) is 2.44. The number of nitrogens with zero attached hydrogens (tertiary/aromatic N) is 4. The fourth-order valence-corrected chi connectivity index (χ4v) is 3.65. The summed E-state index contributed by atoms with van der Waals surface area (Å²) in [5.74, 6) is 1.50. The van der Waals surface area contributed by atoms with E-state index in [1.807, 2.05) is 7.05 Å². The fraction of sp³-hybridized carbons (Fsp3) is 0.643. The molecule has 0 aromatic carbocycles. The molecule has 2 fully saturated rings. The van der Waals surface area contributed by atoms with E-state index in [2.05, 4.69) is 35.7 Å². The average molecular weight is 287 g/mol. The third-order valence-electron chi connectivity index (χ3n) is 4.71. The van der Waals surface area contributed by atoms with Crippen LogP contribution in [0.5, 0.6) is 0 Å². The summed E-state index contributed by atoms with van der Waals surface area (Å²) in [5, 5.41) is 14.6. The highest BCUT2D eigenvalue weighted by molar-refractivity contribution is 5.87. The molecule has 2 aromatic heterocycles. The Morgan fingerprint density at radius 1 is 1.24 bits per heavy atom. The Hall–Kier alpha value is -1.89. The van der Waals surface area contributed by atoms with Crippen LogP contribution in [-0.2, 0) is 0 Å². The highest BCUT2D eigenvalue weighted by Gasteiger charge is 2.35. The molecule has 0 radical (unpaired) electrons. The summed E-state index contributed by atoms with van der Waals surface area (Å²) in [6, 6.07) is 1.12. The lowest BCUT2D eigenvalue weighted by atomic mass is 9.99. The lowest BCUT2D eigenvalue weighted by Gasteiger charge is -2.32. The molecule has 3 N–H and O–H groups in total. The molecule has 2 aromatic rings. The van der Waals surface area contributed by atoms with Gasteiger partial charge in [0.25, 0.3) is 0 Å². The molecule has 4 heterocycles. The van der Waals surface area contributed by atoms with E-state index in [1.54, 1.807) is 6.20 Å². The zero-order valence-corrected chi connectivity index (χ0v) is 12.3. The molecule has 112 valence electrons. The zero-order valence-electron chi connectivity index (χ0n) is 12.3. The van der Waals surface area contributed by atoms with Gasteiger partial charge in [-0.2, -0.15) is 15.1 Å². The molecule has 21 heavy (non-hydrogen) atoms. The number of anilines is 2. The zero-order chi connectivity index (χ0) is 14.2. The van der Waals surface area contributed by atoms with Gasteiger partial charge in [0.1, 0.15) is 5.82 Å². The van der Waals surface area contributed by atoms with Gasteiger partial charge in [0, 0.05) is 25.7 Å². The van der Waals surface area contributed by atoms with Gasteiger partial charge in [0.05, 0.1) is 11.6 Å². The van der Waals surface area contributed by atoms with Gasteiger partial charge in [-0.15, -0.1) is 0 Å². The van der Waals surface area contributed by atoms with Crippen molar-refractivity contribution in [2.45, 2.75) is 37.8 Å². The van der Waals surface area contributed by atoms with Crippen molar-refractivity contribution in [1.82, 2.24) is 25.1 Å². The molecule has 2 aliphatic heterocycles. The fourth-order valence-electron chi connectivity index (χ4n) is 3.65.